The van der Waals surface area contributed by atoms with E-state index in [4.69, 9.17) is 5.73 Å². The fraction of sp³-hybridized carbons (Fsp3) is 0.0571. The van der Waals surface area contributed by atoms with E-state index in [0.717, 1.165) is 12.1 Å². The van der Waals surface area contributed by atoms with Gasteiger partial charge in [-0.15, -0.1) is 5.11 Å². The van der Waals surface area contributed by atoms with Crippen LogP contribution in [0.3, 0.4) is 0 Å². The van der Waals surface area contributed by atoms with Crippen molar-refractivity contribution in [3.8, 4) is 5.75 Å². The van der Waals surface area contributed by atoms with Crippen LogP contribution in [0.5, 0.6) is 5.75 Å². The molecule has 0 radical (unpaired) electrons. The number of hydrogen-bond donors (Lipinski definition) is 6. The highest BCUT2D eigenvalue weighted by Crippen LogP contribution is 2.43. The molecule has 0 spiro atoms. The average Bonchev–Trinajstić information content (AvgIpc) is 3.10. The fourth-order valence-electron chi connectivity index (χ4n) is 5.49. The highest BCUT2D eigenvalue weighted by atomic mass is 32.2. The smallest absolute Gasteiger partial charge is 0.296 e. The molecule has 6 aromatic rings. The van der Waals surface area contributed by atoms with Crippen LogP contribution in [0.4, 0.5) is 34.1 Å². The number of nitrogens with two attached hydrogens (primary N) is 1. The lowest BCUT2D eigenvalue weighted by atomic mass is 10.1. The van der Waals surface area contributed by atoms with Gasteiger partial charge in [-0.1, -0.05) is 6.07 Å². The summed E-state index contributed by atoms with van der Waals surface area (Å²) in [7, 11) is -14.7. The normalized spacial score (nSPS) is 12.6. The van der Waals surface area contributed by atoms with Crippen molar-refractivity contribution < 1.29 is 48.8 Å². The van der Waals surface area contributed by atoms with Gasteiger partial charge in [0.15, 0.2) is 5.75 Å². The minimum Gasteiger partial charge on any atom is -0.505 e. The van der Waals surface area contributed by atoms with Crippen LogP contribution < -0.4 is 11.1 Å². The minimum absolute atomic E-state index is 0.0710. The van der Waals surface area contributed by atoms with Crippen molar-refractivity contribution in [2.24, 2.45) is 20.5 Å². The van der Waals surface area contributed by atoms with E-state index in [9.17, 15) is 48.8 Å². The fourth-order valence-corrected chi connectivity index (χ4v) is 7.49. The van der Waals surface area contributed by atoms with Crippen LogP contribution in [-0.4, -0.2) is 49.9 Å². The molecule has 0 aromatic heterocycles. The maximum Gasteiger partial charge on any atom is 0.296 e. The molecule has 20 heteroatoms. The number of fused-ring (bicyclic) bond motifs is 2. The summed E-state index contributed by atoms with van der Waals surface area (Å²) in [4.78, 5) is 10.4. The van der Waals surface area contributed by atoms with Gasteiger partial charge in [0, 0.05) is 27.7 Å². The van der Waals surface area contributed by atoms with Crippen molar-refractivity contribution in [1.29, 1.82) is 0 Å². The van der Waals surface area contributed by atoms with Crippen LogP contribution in [0.2, 0.25) is 0 Å². The van der Waals surface area contributed by atoms with Crippen LogP contribution in [0.15, 0.2) is 126 Å². The molecular weight excluding hydrogens is 777 g/mol. The lowest BCUT2D eigenvalue weighted by molar-refractivity contribution is 0.102. The van der Waals surface area contributed by atoms with Crippen molar-refractivity contribution in [2.75, 3.05) is 11.1 Å². The van der Waals surface area contributed by atoms with E-state index in [1.165, 1.54) is 48.5 Å². The lowest BCUT2D eigenvalue weighted by Crippen LogP contribution is -2.11. The van der Waals surface area contributed by atoms with Gasteiger partial charge in [-0.05, 0) is 121 Å². The van der Waals surface area contributed by atoms with Gasteiger partial charge in [-0.25, -0.2) is 0 Å². The third-order valence-electron chi connectivity index (χ3n) is 8.25. The number of nitrogens with one attached hydrogen (secondary N) is 1. The Morgan fingerprint density at radius 2 is 1.24 bits per heavy atom. The van der Waals surface area contributed by atoms with E-state index < -0.39 is 62.4 Å². The van der Waals surface area contributed by atoms with Crippen molar-refractivity contribution in [3.63, 3.8) is 0 Å². The number of aromatic hydroxyl groups is 1. The molecule has 0 aliphatic rings. The largest absolute Gasteiger partial charge is 0.505 e. The topological polar surface area (TPSA) is 288 Å². The molecule has 0 saturated heterocycles. The summed E-state index contributed by atoms with van der Waals surface area (Å²) >= 11 is 0. The number of nitrogen functional groups attached to an aromatic ring is 1. The van der Waals surface area contributed by atoms with Gasteiger partial charge in [-0.2, -0.15) is 40.6 Å². The van der Waals surface area contributed by atoms with Crippen LogP contribution in [0, 0.1) is 13.8 Å². The zero-order chi connectivity index (χ0) is 40.0. The highest BCUT2D eigenvalue weighted by molar-refractivity contribution is 7.87. The summed E-state index contributed by atoms with van der Waals surface area (Å²) in [6.07, 6.45) is 0. The third kappa shape index (κ3) is 8.33. The van der Waals surface area contributed by atoms with E-state index in [2.05, 4.69) is 25.8 Å². The predicted molar refractivity (Wildman–Crippen MR) is 202 cm³/mol. The number of phenolic OH excluding ortho intramolecular Hbond substituents is 1. The summed E-state index contributed by atoms with van der Waals surface area (Å²) in [5.41, 5.74) is 7.86. The Hall–Kier alpha value is -6.16. The number of carbonyl (C=O) groups excluding carboxylic acids is 1. The number of carbonyl (C=O) groups is 1. The summed E-state index contributed by atoms with van der Waals surface area (Å²) < 4.78 is 101. The number of phenols is 1. The van der Waals surface area contributed by atoms with E-state index in [0.29, 0.717) is 34.1 Å². The van der Waals surface area contributed by atoms with Crippen LogP contribution >= 0.6 is 0 Å². The molecule has 0 unspecified atom stereocenters. The van der Waals surface area contributed by atoms with Gasteiger partial charge in [0.05, 0.1) is 22.0 Å². The van der Waals surface area contributed by atoms with Crippen molar-refractivity contribution in [2.45, 2.75) is 28.5 Å². The number of nitrogens with zero attached hydrogens (tertiary/aromatic N) is 4. The summed E-state index contributed by atoms with van der Waals surface area (Å²) in [5.74, 6) is -1.07. The highest BCUT2D eigenvalue weighted by Gasteiger charge is 2.23. The number of anilines is 2. The first kappa shape index (κ1) is 38.6. The van der Waals surface area contributed by atoms with Crippen LogP contribution in [0.1, 0.15) is 21.5 Å². The number of aryl methyl sites for hydroxylation is 2. The van der Waals surface area contributed by atoms with E-state index in [1.807, 2.05) is 0 Å². The molecule has 0 saturated carbocycles. The SMILES string of the molecule is Cc1cc(/N=N/c2c(S(=O)(=O)O)cc3cc(NC(=O)c4ccc(N)cc4)ccc3c2O)c(C)cc1N=Nc1ccc2cc(S(=O)(=O)O)cc(S(=O)(=O)O)c2c1. The Bertz CT molecular complexity index is 2990. The molecule has 0 fully saturated rings. The molecule has 0 aliphatic carbocycles. The molecule has 6 aromatic carbocycles. The van der Waals surface area contributed by atoms with Gasteiger partial charge in [0.1, 0.15) is 15.5 Å². The molecule has 7 N–H and O–H groups in total. The third-order valence-corrected chi connectivity index (χ3v) is 10.8. The molecule has 55 heavy (non-hydrogen) atoms. The molecule has 0 bridgehead atoms. The van der Waals surface area contributed by atoms with Crippen LogP contribution in [0.25, 0.3) is 21.5 Å². The Labute approximate surface area is 313 Å². The van der Waals surface area contributed by atoms with Gasteiger partial charge in [-0.3, -0.25) is 18.5 Å². The number of amides is 1. The molecule has 0 heterocycles. The first-order chi connectivity index (χ1) is 25.7. The summed E-state index contributed by atoms with van der Waals surface area (Å²) in [5, 5.41) is 30.6. The van der Waals surface area contributed by atoms with Gasteiger partial charge in [0.2, 0.25) is 0 Å². The number of hydrogen-bond acceptors (Lipinski definition) is 13. The summed E-state index contributed by atoms with van der Waals surface area (Å²) in [6, 6.07) is 20.3. The maximum atomic E-state index is 12.7. The number of rotatable bonds is 9. The van der Waals surface area contributed by atoms with Crippen molar-refractivity contribution in [1.82, 2.24) is 0 Å². The predicted octanol–water partition coefficient (Wildman–Crippen LogP) is 7.72. The molecule has 1 amide bonds. The van der Waals surface area contributed by atoms with Crippen molar-refractivity contribution in [3.05, 3.63) is 108 Å². The quantitative estimate of drug-likeness (QED) is 0.0465. The lowest BCUT2D eigenvalue weighted by Gasteiger charge is -2.11. The summed E-state index contributed by atoms with van der Waals surface area (Å²) in [6.45, 7) is 3.29. The maximum absolute atomic E-state index is 12.7. The Kier molecular flexibility index (Phi) is 9.99. The Morgan fingerprint density at radius 3 is 1.84 bits per heavy atom. The van der Waals surface area contributed by atoms with Gasteiger partial charge < -0.3 is 16.2 Å². The zero-order valence-corrected chi connectivity index (χ0v) is 30.8. The first-order valence-corrected chi connectivity index (χ1v) is 19.9. The van der Waals surface area contributed by atoms with E-state index in [-0.39, 0.29) is 38.6 Å². The minimum atomic E-state index is -4.95. The number of azo groups is 2. The van der Waals surface area contributed by atoms with E-state index in [1.54, 1.807) is 38.1 Å². The molecule has 6 rings (SSSR count). The molecule has 0 aliphatic heterocycles. The first-order valence-electron chi connectivity index (χ1n) is 15.6. The molecule has 0 atom stereocenters. The average molecular weight is 805 g/mol. The molecular formula is C35H28N6O11S3. The Morgan fingerprint density at radius 1 is 0.618 bits per heavy atom. The molecule has 282 valence electrons. The monoisotopic (exact) mass is 804 g/mol. The van der Waals surface area contributed by atoms with E-state index >= 15 is 0 Å². The molecule has 17 nitrogen and oxygen atoms in total. The standard InChI is InChI=1S/C35H28N6O11S3/c1-18-12-30(19(2)11-29(18)39-38-25-8-5-21-14-26(53(44,45)46)17-31(28(21)16-25)54(47,48)49)40-41-33-32(55(50,51)52)15-22-13-24(9-10-27(22)34(33)42)37-35(43)20-3-6-23(36)7-4-20/h3-17,42H,36H2,1-2H3,(H,37,43)(H,44,45,46)(H,47,48,49)(H,50,51,52)/b39-38?,41-40+. The number of benzene rings is 6. The second kappa shape index (κ2) is 14.2. The van der Waals surface area contributed by atoms with Crippen molar-refractivity contribution >= 4 is 91.9 Å². The zero-order valence-electron chi connectivity index (χ0n) is 28.4. The Balaban J connectivity index is 1.30. The second-order valence-corrected chi connectivity index (χ2v) is 16.4. The van der Waals surface area contributed by atoms with Gasteiger partial charge >= 0.3 is 0 Å². The second-order valence-electron chi connectivity index (χ2n) is 12.2. The van der Waals surface area contributed by atoms with Crippen LogP contribution in [-0.2, 0) is 30.4 Å². The van der Waals surface area contributed by atoms with Gasteiger partial charge in [0.25, 0.3) is 36.3 Å².